The predicted octanol–water partition coefficient (Wildman–Crippen LogP) is 3.55. The molecule has 2 heteroatoms. The Bertz CT molecular complexity index is 507. The fourth-order valence-electron chi connectivity index (χ4n) is 2.28. The van der Waals surface area contributed by atoms with Crippen molar-refractivity contribution in [3.8, 4) is 0 Å². The van der Waals surface area contributed by atoms with Crippen LogP contribution in [0.4, 0.5) is 0 Å². The zero-order chi connectivity index (χ0) is 13.0. The van der Waals surface area contributed by atoms with Crippen molar-refractivity contribution in [1.29, 1.82) is 0 Å². The third-order valence-electron chi connectivity index (χ3n) is 3.24. The van der Waals surface area contributed by atoms with Gasteiger partial charge in [-0.25, -0.2) is 0 Å². The Morgan fingerprint density at radius 2 is 1.83 bits per heavy atom. The minimum absolute atomic E-state index is 0.358. The Morgan fingerprint density at radius 3 is 2.56 bits per heavy atom. The molecule has 2 aromatic carbocycles. The van der Waals surface area contributed by atoms with Crippen LogP contribution in [-0.4, -0.2) is 18.8 Å². The van der Waals surface area contributed by atoms with Crippen LogP contribution in [0.3, 0.4) is 0 Å². The molecule has 1 N–H and O–H groups in total. The molecule has 2 rings (SSSR count). The highest BCUT2D eigenvalue weighted by Gasteiger charge is 2.12. The SMILES string of the molecule is COCC(C)CC(O)c1ccc2ccccc2c1. The van der Waals surface area contributed by atoms with Gasteiger partial charge in [-0.15, -0.1) is 0 Å². The van der Waals surface area contributed by atoms with Gasteiger partial charge in [0, 0.05) is 13.7 Å². The van der Waals surface area contributed by atoms with Gasteiger partial charge in [0.1, 0.15) is 0 Å². The van der Waals surface area contributed by atoms with Gasteiger partial charge in [-0.3, -0.25) is 0 Å². The first-order valence-corrected chi connectivity index (χ1v) is 6.36. The Kier molecular flexibility index (Phi) is 4.34. The average molecular weight is 244 g/mol. The summed E-state index contributed by atoms with van der Waals surface area (Å²) in [5.41, 5.74) is 0.983. The fraction of sp³-hybridized carbons (Fsp3) is 0.375. The summed E-state index contributed by atoms with van der Waals surface area (Å²) in [7, 11) is 1.69. The normalized spacial score (nSPS) is 14.6. The summed E-state index contributed by atoms with van der Waals surface area (Å²) in [6, 6.07) is 14.3. The number of hydrogen-bond acceptors (Lipinski definition) is 2. The van der Waals surface area contributed by atoms with Crippen LogP contribution in [0.15, 0.2) is 42.5 Å². The van der Waals surface area contributed by atoms with E-state index in [-0.39, 0.29) is 0 Å². The molecule has 2 unspecified atom stereocenters. The molecule has 0 heterocycles. The first kappa shape index (κ1) is 13.1. The highest BCUT2D eigenvalue weighted by atomic mass is 16.5. The highest BCUT2D eigenvalue weighted by Crippen LogP contribution is 2.24. The Labute approximate surface area is 108 Å². The summed E-state index contributed by atoms with van der Waals surface area (Å²) in [5.74, 6) is 0.358. The van der Waals surface area contributed by atoms with Crippen molar-refractivity contribution >= 4 is 10.8 Å². The molecule has 0 aliphatic carbocycles. The second kappa shape index (κ2) is 5.98. The van der Waals surface area contributed by atoms with E-state index in [2.05, 4.69) is 31.2 Å². The smallest absolute Gasteiger partial charge is 0.0793 e. The molecule has 0 aromatic heterocycles. The zero-order valence-corrected chi connectivity index (χ0v) is 11.0. The average Bonchev–Trinajstić information content (AvgIpc) is 2.38. The van der Waals surface area contributed by atoms with Crippen LogP contribution in [0.2, 0.25) is 0 Å². The Hall–Kier alpha value is -1.38. The van der Waals surface area contributed by atoms with E-state index in [0.717, 1.165) is 12.0 Å². The van der Waals surface area contributed by atoms with Crippen molar-refractivity contribution in [2.24, 2.45) is 5.92 Å². The molecule has 0 bridgehead atoms. The molecule has 0 saturated heterocycles. The molecular formula is C16H20O2. The van der Waals surface area contributed by atoms with Crippen LogP contribution in [0.5, 0.6) is 0 Å². The molecule has 2 nitrogen and oxygen atoms in total. The number of aliphatic hydroxyl groups excluding tert-OH is 1. The number of ether oxygens (including phenoxy) is 1. The number of rotatable bonds is 5. The molecule has 2 aromatic rings. The van der Waals surface area contributed by atoms with Gasteiger partial charge in [0.15, 0.2) is 0 Å². The van der Waals surface area contributed by atoms with Gasteiger partial charge in [-0.05, 0) is 34.7 Å². The number of methoxy groups -OCH3 is 1. The van der Waals surface area contributed by atoms with Crippen LogP contribution in [0.1, 0.15) is 25.0 Å². The molecule has 0 saturated carbocycles. The second-order valence-corrected chi connectivity index (χ2v) is 4.92. The molecule has 0 aliphatic rings. The zero-order valence-electron chi connectivity index (χ0n) is 11.0. The van der Waals surface area contributed by atoms with Crippen LogP contribution in [0, 0.1) is 5.92 Å². The van der Waals surface area contributed by atoms with E-state index in [0.29, 0.717) is 12.5 Å². The van der Waals surface area contributed by atoms with Gasteiger partial charge < -0.3 is 9.84 Å². The van der Waals surface area contributed by atoms with Crippen LogP contribution in [-0.2, 0) is 4.74 Å². The highest BCUT2D eigenvalue weighted by molar-refractivity contribution is 5.83. The standard InChI is InChI=1S/C16H20O2/c1-12(11-18-2)9-16(17)15-8-7-13-5-3-4-6-14(13)10-15/h3-8,10,12,16-17H,9,11H2,1-2H3. The molecule has 0 amide bonds. The van der Waals surface area contributed by atoms with Gasteiger partial charge in [-0.1, -0.05) is 43.3 Å². The summed E-state index contributed by atoms with van der Waals surface area (Å²) in [6.07, 6.45) is 0.311. The van der Waals surface area contributed by atoms with Crippen molar-refractivity contribution in [3.63, 3.8) is 0 Å². The lowest BCUT2D eigenvalue weighted by Gasteiger charge is -2.16. The summed E-state index contributed by atoms with van der Waals surface area (Å²) in [4.78, 5) is 0. The lowest BCUT2D eigenvalue weighted by molar-refractivity contribution is 0.102. The monoisotopic (exact) mass is 244 g/mol. The van der Waals surface area contributed by atoms with Crippen molar-refractivity contribution in [1.82, 2.24) is 0 Å². The van der Waals surface area contributed by atoms with E-state index in [1.54, 1.807) is 7.11 Å². The maximum absolute atomic E-state index is 10.2. The third kappa shape index (κ3) is 3.09. The summed E-state index contributed by atoms with van der Waals surface area (Å²) < 4.78 is 5.10. The van der Waals surface area contributed by atoms with Gasteiger partial charge in [0.25, 0.3) is 0 Å². The van der Waals surface area contributed by atoms with E-state index >= 15 is 0 Å². The van der Waals surface area contributed by atoms with E-state index in [1.165, 1.54) is 10.8 Å². The first-order valence-electron chi connectivity index (χ1n) is 6.36. The lowest BCUT2D eigenvalue weighted by atomic mass is 9.97. The van der Waals surface area contributed by atoms with Gasteiger partial charge >= 0.3 is 0 Å². The van der Waals surface area contributed by atoms with Gasteiger partial charge in [0.2, 0.25) is 0 Å². The maximum atomic E-state index is 10.2. The first-order chi connectivity index (χ1) is 8.70. The van der Waals surface area contributed by atoms with Crippen molar-refractivity contribution in [2.45, 2.75) is 19.4 Å². The fourth-order valence-corrected chi connectivity index (χ4v) is 2.28. The molecule has 0 aliphatic heterocycles. The molecule has 96 valence electrons. The van der Waals surface area contributed by atoms with Crippen molar-refractivity contribution in [3.05, 3.63) is 48.0 Å². The van der Waals surface area contributed by atoms with Crippen molar-refractivity contribution < 1.29 is 9.84 Å². The van der Waals surface area contributed by atoms with Crippen LogP contribution >= 0.6 is 0 Å². The van der Waals surface area contributed by atoms with Crippen LogP contribution in [0.25, 0.3) is 10.8 Å². The lowest BCUT2D eigenvalue weighted by Crippen LogP contribution is -2.09. The Morgan fingerprint density at radius 1 is 1.11 bits per heavy atom. The topological polar surface area (TPSA) is 29.5 Å². The van der Waals surface area contributed by atoms with E-state index in [9.17, 15) is 5.11 Å². The van der Waals surface area contributed by atoms with Gasteiger partial charge in [0.05, 0.1) is 6.10 Å². The van der Waals surface area contributed by atoms with Crippen LogP contribution < -0.4 is 0 Å². The van der Waals surface area contributed by atoms with E-state index < -0.39 is 6.10 Å². The molecule has 0 spiro atoms. The number of fused-ring (bicyclic) bond motifs is 1. The molecule has 2 atom stereocenters. The maximum Gasteiger partial charge on any atom is 0.0793 e. The summed E-state index contributed by atoms with van der Waals surface area (Å²) in [5, 5.41) is 12.6. The minimum atomic E-state index is -0.417. The predicted molar refractivity (Wildman–Crippen MR) is 74.6 cm³/mol. The molecule has 18 heavy (non-hydrogen) atoms. The minimum Gasteiger partial charge on any atom is -0.388 e. The van der Waals surface area contributed by atoms with E-state index in [4.69, 9.17) is 4.74 Å². The molecule has 0 fully saturated rings. The van der Waals surface area contributed by atoms with E-state index in [1.807, 2.05) is 18.2 Å². The number of benzene rings is 2. The quantitative estimate of drug-likeness (QED) is 0.871. The third-order valence-corrected chi connectivity index (χ3v) is 3.24. The molecule has 0 radical (unpaired) electrons. The number of hydrogen-bond donors (Lipinski definition) is 1. The summed E-state index contributed by atoms with van der Waals surface area (Å²) in [6.45, 7) is 2.78. The largest absolute Gasteiger partial charge is 0.388 e. The Balaban J connectivity index is 2.15. The number of aliphatic hydroxyl groups is 1. The van der Waals surface area contributed by atoms with Gasteiger partial charge in [-0.2, -0.15) is 0 Å². The second-order valence-electron chi connectivity index (χ2n) is 4.92. The molecular weight excluding hydrogens is 224 g/mol. The summed E-state index contributed by atoms with van der Waals surface area (Å²) >= 11 is 0. The van der Waals surface area contributed by atoms with Crippen molar-refractivity contribution in [2.75, 3.05) is 13.7 Å².